The molecule has 0 radical (unpaired) electrons. The minimum Gasteiger partial charge on any atom is -0.379 e. The van der Waals surface area contributed by atoms with E-state index >= 15 is 0 Å². The van der Waals surface area contributed by atoms with Gasteiger partial charge < -0.3 is 4.74 Å². The van der Waals surface area contributed by atoms with E-state index in [1.165, 1.54) is 16.8 Å². The molecule has 4 rings (SSSR count). The van der Waals surface area contributed by atoms with Gasteiger partial charge in [-0.3, -0.25) is 4.90 Å². The number of ether oxygens (including phenoxy) is 1. The van der Waals surface area contributed by atoms with Crippen molar-refractivity contribution in [3.8, 4) is 5.69 Å². The molecule has 1 saturated heterocycles. The zero-order valence-electron chi connectivity index (χ0n) is 14.0. The van der Waals surface area contributed by atoms with Crippen LogP contribution in [-0.4, -0.2) is 47.5 Å². The van der Waals surface area contributed by atoms with Crippen molar-refractivity contribution in [3.05, 3.63) is 51.8 Å². The summed E-state index contributed by atoms with van der Waals surface area (Å²) in [6.07, 6.45) is 7.65. The lowest BCUT2D eigenvalue weighted by atomic mass is 9.92. The predicted octanol–water partition coefficient (Wildman–Crippen LogP) is 4.23. The zero-order valence-corrected chi connectivity index (χ0v) is 15.6. The van der Waals surface area contributed by atoms with Crippen molar-refractivity contribution in [2.75, 3.05) is 32.8 Å². The van der Waals surface area contributed by atoms with Crippen LogP contribution in [0.1, 0.15) is 24.1 Å². The standard InChI is InChI=1S/C19H21Cl2N3O/c20-17-5-4-15(12-18(17)21)24-19-3-1-2-14(16(19)13-22-24)6-7-23-8-10-25-11-9-23/h4-6,12-13H,1-3,7-11H2/b14-6-. The summed E-state index contributed by atoms with van der Waals surface area (Å²) in [5.41, 5.74) is 4.90. The molecule has 0 N–H and O–H groups in total. The molecule has 0 bridgehead atoms. The third kappa shape index (κ3) is 3.63. The summed E-state index contributed by atoms with van der Waals surface area (Å²) in [7, 11) is 0. The van der Waals surface area contributed by atoms with Gasteiger partial charge in [-0.15, -0.1) is 0 Å². The number of hydrogen-bond donors (Lipinski definition) is 0. The highest BCUT2D eigenvalue weighted by Crippen LogP contribution is 2.33. The van der Waals surface area contributed by atoms with Crippen molar-refractivity contribution >= 4 is 28.8 Å². The van der Waals surface area contributed by atoms with Crippen LogP contribution in [0.2, 0.25) is 10.0 Å². The molecule has 6 heteroatoms. The molecule has 25 heavy (non-hydrogen) atoms. The van der Waals surface area contributed by atoms with Crippen molar-refractivity contribution in [2.45, 2.75) is 19.3 Å². The van der Waals surface area contributed by atoms with E-state index in [0.29, 0.717) is 10.0 Å². The third-order valence-corrected chi connectivity index (χ3v) is 5.66. The molecule has 132 valence electrons. The van der Waals surface area contributed by atoms with Gasteiger partial charge in [0.1, 0.15) is 0 Å². The minimum atomic E-state index is 0.558. The summed E-state index contributed by atoms with van der Waals surface area (Å²) in [4.78, 5) is 2.44. The number of rotatable bonds is 3. The normalized spacial score (nSPS) is 20.0. The van der Waals surface area contributed by atoms with E-state index in [2.05, 4.69) is 16.1 Å². The molecule has 1 aromatic heterocycles. The summed E-state index contributed by atoms with van der Waals surface area (Å²) in [6, 6.07) is 5.67. The monoisotopic (exact) mass is 377 g/mol. The number of aromatic nitrogens is 2. The summed E-state index contributed by atoms with van der Waals surface area (Å²) in [5.74, 6) is 0. The molecule has 1 aliphatic carbocycles. The zero-order chi connectivity index (χ0) is 17.2. The Morgan fingerprint density at radius 1 is 1.12 bits per heavy atom. The highest BCUT2D eigenvalue weighted by molar-refractivity contribution is 6.42. The van der Waals surface area contributed by atoms with Crippen LogP contribution in [0.25, 0.3) is 11.3 Å². The molecule has 2 aromatic rings. The fourth-order valence-corrected chi connectivity index (χ4v) is 3.83. The van der Waals surface area contributed by atoms with E-state index < -0.39 is 0 Å². The molecule has 2 aliphatic rings. The molecule has 1 fully saturated rings. The van der Waals surface area contributed by atoms with Crippen LogP contribution in [0.5, 0.6) is 0 Å². The van der Waals surface area contributed by atoms with E-state index in [0.717, 1.165) is 57.8 Å². The van der Waals surface area contributed by atoms with Gasteiger partial charge in [-0.2, -0.15) is 5.10 Å². The number of halogens is 2. The number of benzene rings is 1. The second-order valence-electron chi connectivity index (χ2n) is 6.51. The first-order chi connectivity index (χ1) is 12.2. The second kappa shape index (κ2) is 7.50. The third-order valence-electron chi connectivity index (χ3n) is 4.92. The van der Waals surface area contributed by atoms with Gasteiger partial charge in [-0.25, -0.2) is 4.68 Å². The molecule has 1 aromatic carbocycles. The van der Waals surface area contributed by atoms with Gasteiger partial charge in [-0.05, 0) is 43.0 Å². The van der Waals surface area contributed by atoms with Gasteiger partial charge in [-0.1, -0.05) is 29.3 Å². The van der Waals surface area contributed by atoms with Gasteiger partial charge in [0, 0.05) is 25.2 Å². The number of fused-ring (bicyclic) bond motifs is 1. The van der Waals surface area contributed by atoms with Gasteiger partial charge in [0.2, 0.25) is 0 Å². The molecular weight excluding hydrogens is 357 g/mol. The second-order valence-corrected chi connectivity index (χ2v) is 7.33. The quantitative estimate of drug-likeness (QED) is 0.801. The molecule has 0 saturated carbocycles. The Morgan fingerprint density at radius 3 is 2.76 bits per heavy atom. The van der Waals surface area contributed by atoms with Gasteiger partial charge in [0.25, 0.3) is 0 Å². The number of allylic oxidation sites excluding steroid dienone is 1. The fourth-order valence-electron chi connectivity index (χ4n) is 3.54. The lowest BCUT2D eigenvalue weighted by molar-refractivity contribution is 0.0434. The number of hydrogen-bond acceptors (Lipinski definition) is 3. The lowest BCUT2D eigenvalue weighted by Crippen LogP contribution is -2.36. The first-order valence-corrected chi connectivity index (χ1v) is 9.50. The predicted molar refractivity (Wildman–Crippen MR) is 102 cm³/mol. The Morgan fingerprint density at radius 2 is 1.96 bits per heavy atom. The van der Waals surface area contributed by atoms with Crippen molar-refractivity contribution in [2.24, 2.45) is 0 Å². The molecule has 0 atom stereocenters. The molecule has 1 aliphatic heterocycles. The van der Waals surface area contributed by atoms with Crippen molar-refractivity contribution in [1.29, 1.82) is 0 Å². The average Bonchev–Trinajstić information content (AvgIpc) is 3.08. The Balaban J connectivity index is 1.60. The summed E-state index contributed by atoms with van der Waals surface area (Å²) in [6.45, 7) is 4.68. The summed E-state index contributed by atoms with van der Waals surface area (Å²) < 4.78 is 7.42. The van der Waals surface area contributed by atoms with Gasteiger partial charge in [0.15, 0.2) is 0 Å². The Labute approximate surface area is 158 Å². The minimum absolute atomic E-state index is 0.558. The Bertz CT molecular complexity index is 794. The first-order valence-electron chi connectivity index (χ1n) is 8.74. The highest BCUT2D eigenvalue weighted by atomic mass is 35.5. The fraction of sp³-hybridized carbons (Fsp3) is 0.421. The smallest absolute Gasteiger partial charge is 0.0664 e. The van der Waals surface area contributed by atoms with Gasteiger partial charge in [0.05, 0.1) is 40.8 Å². The molecular formula is C19H21Cl2N3O. The largest absolute Gasteiger partial charge is 0.379 e. The Hall–Kier alpha value is -1.33. The van der Waals surface area contributed by atoms with Crippen LogP contribution in [0.3, 0.4) is 0 Å². The molecule has 4 nitrogen and oxygen atoms in total. The molecule has 0 amide bonds. The van der Waals surface area contributed by atoms with Crippen LogP contribution in [-0.2, 0) is 11.2 Å². The number of morpholine rings is 1. The molecule has 0 unspecified atom stereocenters. The van der Waals surface area contributed by atoms with Crippen LogP contribution in [0, 0.1) is 0 Å². The molecule has 0 spiro atoms. The maximum Gasteiger partial charge on any atom is 0.0664 e. The topological polar surface area (TPSA) is 30.3 Å². The van der Waals surface area contributed by atoms with Crippen LogP contribution >= 0.6 is 23.2 Å². The van der Waals surface area contributed by atoms with Gasteiger partial charge >= 0.3 is 0 Å². The van der Waals surface area contributed by atoms with Crippen molar-refractivity contribution in [3.63, 3.8) is 0 Å². The maximum atomic E-state index is 6.18. The number of nitrogens with zero attached hydrogens (tertiary/aromatic N) is 3. The van der Waals surface area contributed by atoms with Crippen molar-refractivity contribution in [1.82, 2.24) is 14.7 Å². The SMILES string of the molecule is Clc1ccc(-n2ncc3c2CCC/C3=C/CN2CCOCC2)cc1Cl. The average molecular weight is 378 g/mol. The lowest BCUT2D eigenvalue weighted by Gasteiger charge is -2.26. The highest BCUT2D eigenvalue weighted by Gasteiger charge is 2.20. The van der Waals surface area contributed by atoms with E-state index in [1.54, 1.807) is 0 Å². The van der Waals surface area contributed by atoms with E-state index in [-0.39, 0.29) is 0 Å². The maximum absolute atomic E-state index is 6.18. The van der Waals surface area contributed by atoms with E-state index in [4.69, 9.17) is 27.9 Å². The summed E-state index contributed by atoms with van der Waals surface area (Å²) in [5, 5.41) is 5.75. The first kappa shape index (κ1) is 17.1. The van der Waals surface area contributed by atoms with Crippen LogP contribution < -0.4 is 0 Å². The van der Waals surface area contributed by atoms with E-state index in [1.807, 2.05) is 29.1 Å². The Kier molecular flexibility index (Phi) is 5.13. The van der Waals surface area contributed by atoms with Crippen LogP contribution in [0.4, 0.5) is 0 Å². The van der Waals surface area contributed by atoms with Crippen molar-refractivity contribution < 1.29 is 4.74 Å². The van der Waals surface area contributed by atoms with Crippen LogP contribution in [0.15, 0.2) is 30.5 Å². The van der Waals surface area contributed by atoms with E-state index in [9.17, 15) is 0 Å². The summed E-state index contributed by atoms with van der Waals surface area (Å²) >= 11 is 12.2. The molecule has 2 heterocycles.